The Morgan fingerprint density at radius 2 is 1.69 bits per heavy atom. The number of hydrogen-bond acceptors (Lipinski definition) is 6. The lowest BCUT2D eigenvalue weighted by Crippen LogP contribution is -2.19. The van der Waals surface area contributed by atoms with Crippen molar-refractivity contribution in [3.8, 4) is 0 Å². The predicted molar refractivity (Wildman–Crippen MR) is 64.4 cm³/mol. The van der Waals surface area contributed by atoms with Gasteiger partial charge in [0.25, 0.3) is 0 Å². The highest BCUT2D eigenvalue weighted by Gasteiger charge is 2.34. The smallest absolute Gasteiger partial charge is 0.207 e. The Morgan fingerprint density at radius 3 is 2.00 bits per heavy atom. The number of ether oxygens (including phenoxy) is 1. The molecule has 0 bridgehead atoms. The first kappa shape index (κ1) is 13.9. The van der Waals surface area contributed by atoms with Crippen molar-refractivity contribution < 1.29 is 21.6 Å². The van der Waals surface area contributed by atoms with Gasteiger partial charge in [0.15, 0.2) is 24.8 Å². The molecule has 0 saturated carbocycles. The molecule has 0 atom stereocenters. The summed E-state index contributed by atoms with van der Waals surface area (Å²) >= 11 is 1.13. The van der Waals surface area contributed by atoms with Gasteiger partial charge in [-0.3, -0.25) is 0 Å². The first-order valence-electron chi connectivity index (χ1n) is 4.80. The van der Waals surface area contributed by atoms with E-state index in [4.69, 9.17) is 4.74 Å². The fraction of sp³-hybridized carbons (Fsp3) is 0.750. The van der Waals surface area contributed by atoms with Crippen molar-refractivity contribution in [1.82, 2.24) is 0 Å². The summed E-state index contributed by atoms with van der Waals surface area (Å²) < 4.78 is 51.6. The lowest BCUT2D eigenvalue weighted by atomic mass is 10.9. The van der Waals surface area contributed by atoms with Gasteiger partial charge in [-0.2, -0.15) is 0 Å². The van der Waals surface area contributed by atoms with Crippen molar-refractivity contribution >= 4 is 31.4 Å². The molecule has 0 aliphatic carbocycles. The van der Waals surface area contributed by atoms with Crippen LogP contribution >= 0.6 is 11.8 Å². The van der Waals surface area contributed by atoms with Crippen molar-refractivity contribution in [3.05, 3.63) is 9.33 Å². The third-order valence-electron chi connectivity index (χ3n) is 2.04. The van der Waals surface area contributed by atoms with Crippen LogP contribution in [0.5, 0.6) is 0 Å². The van der Waals surface area contributed by atoms with Gasteiger partial charge in [0.05, 0.1) is 18.1 Å². The zero-order valence-electron chi connectivity index (χ0n) is 9.09. The van der Waals surface area contributed by atoms with Crippen LogP contribution in [0.25, 0.3) is 0 Å². The molecule has 0 aromatic heterocycles. The van der Waals surface area contributed by atoms with E-state index in [0.717, 1.165) is 11.8 Å². The van der Waals surface area contributed by atoms with E-state index in [-0.39, 0.29) is 16.6 Å². The minimum absolute atomic E-state index is 0.0312. The summed E-state index contributed by atoms with van der Waals surface area (Å²) in [4.78, 5) is 0. The SMILES string of the molecule is CCS(=O)(=O)C(=C1OCCS1)S(=O)(=O)CC. The molecule has 94 valence electrons. The Labute approximate surface area is 100 Å². The molecule has 8 heteroatoms. The molecule has 1 fully saturated rings. The number of rotatable bonds is 4. The molecular formula is C8H14O5S3. The van der Waals surface area contributed by atoms with Gasteiger partial charge >= 0.3 is 0 Å². The van der Waals surface area contributed by atoms with Gasteiger partial charge in [0.1, 0.15) is 0 Å². The summed E-state index contributed by atoms with van der Waals surface area (Å²) in [5.41, 5.74) is 0. The molecule has 1 heterocycles. The minimum atomic E-state index is -3.77. The Balaban J connectivity index is 3.43. The fourth-order valence-corrected chi connectivity index (χ4v) is 6.29. The first-order valence-corrected chi connectivity index (χ1v) is 9.09. The molecule has 0 unspecified atom stereocenters. The Morgan fingerprint density at radius 1 is 1.19 bits per heavy atom. The number of thioether (sulfide) groups is 1. The molecule has 1 aliphatic rings. The molecule has 1 saturated heterocycles. The van der Waals surface area contributed by atoms with E-state index in [9.17, 15) is 16.8 Å². The molecule has 1 aliphatic heterocycles. The maximum Gasteiger partial charge on any atom is 0.207 e. The van der Waals surface area contributed by atoms with Gasteiger partial charge in [-0.25, -0.2) is 16.8 Å². The third-order valence-corrected chi connectivity index (χ3v) is 7.80. The lowest BCUT2D eigenvalue weighted by molar-refractivity contribution is 0.274. The average Bonchev–Trinajstić information content (AvgIpc) is 2.70. The van der Waals surface area contributed by atoms with Crippen LogP contribution < -0.4 is 0 Å². The van der Waals surface area contributed by atoms with Crippen molar-refractivity contribution in [3.63, 3.8) is 0 Å². The zero-order valence-corrected chi connectivity index (χ0v) is 11.5. The van der Waals surface area contributed by atoms with Gasteiger partial charge in [-0.05, 0) is 0 Å². The zero-order chi connectivity index (χ0) is 12.4. The number of sulfone groups is 2. The first-order chi connectivity index (χ1) is 7.35. The lowest BCUT2D eigenvalue weighted by Gasteiger charge is -2.09. The van der Waals surface area contributed by atoms with E-state index in [2.05, 4.69) is 0 Å². The normalized spacial score (nSPS) is 17.2. The largest absolute Gasteiger partial charge is 0.484 e. The summed E-state index contributed by atoms with van der Waals surface area (Å²) in [5, 5.41) is 0.0312. The molecule has 16 heavy (non-hydrogen) atoms. The molecule has 0 spiro atoms. The Bertz CT molecular complexity index is 442. The highest BCUT2D eigenvalue weighted by Crippen LogP contribution is 2.33. The number of hydrogen-bond donors (Lipinski definition) is 0. The van der Waals surface area contributed by atoms with Crippen LogP contribution in [0.1, 0.15) is 13.8 Å². The quantitative estimate of drug-likeness (QED) is 0.759. The van der Waals surface area contributed by atoms with Crippen LogP contribution in [-0.2, 0) is 24.4 Å². The summed E-state index contributed by atoms with van der Waals surface area (Å²) in [6.45, 7) is 3.18. The molecule has 0 aromatic carbocycles. The second-order valence-electron chi connectivity index (χ2n) is 3.08. The van der Waals surface area contributed by atoms with E-state index >= 15 is 0 Å². The van der Waals surface area contributed by atoms with Crippen molar-refractivity contribution in [2.45, 2.75) is 13.8 Å². The molecule has 0 amide bonds. The van der Waals surface area contributed by atoms with Crippen LogP contribution in [0.15, 0.2) is 9.33 Å². The van der Waals surface area contributed by atoms with Gasteiger partial charge in [-0.1, -0.05) is 25.6 Å². The fourth-order valence-electron chi connectivity index (χ4n) is 1.14. The second-order valence-corrected chi connectivity index (χ2v) is 8.84. The highest BCUT2D eigenvalue weighted by atomic mass is 32.3. The molecule has 0 N–H and O–H groups in total. The van der Waals surface area contributed by atoms with E-state index in [1.54, 1.807) is 0 Å². The summed E-state index contributed by atoms with van der Waals surface area (Å²) in [7, 11) is -7.54. The monoisotopic (exact) mass is 286 g/mol. The van der Waals surface area contributed by atoms with Crippen LogP contribution in [0.3, 0.4) is 0 Å². The average molecular weight is 286 g/mol. The van der Waals surface area contributed by atoms with Crippen LogP contribution in [0.4, 0.5) is 0 Å². The molecule has 1 rings (SSSR count). The van der Waals surface area contributed by atoms with E-state index < -0.39 is 23.9 Å². The highest BCUT2D eigenvalue weighted by molar-refractivity contribution is 8.16. The van der Waals surface area contributed by atoms with Gasteiger partial charge in [-0.15, -0.1) is 0 Å². The minimum Gasteiger partial charge on any atom is -0.484 e. The van der Waals surface area contributed by atoms with Crippen LogP contribution in [0, 0.1) is 0 Å². The van der Waals surface area contributed by atoms with Crippen molar-refractivity contribution in [2.75, 3.05) is 23.9 Å². The predicted octanol–water partition coefficient (Wildman–Crippen LogP) is 0.746. The van der Waals surface area contributed by atoms with Gasteiger partial charge in [0, 0.05) is 5.75 Å². The van der Waals surface area contributed by atoms with E-state index in [1.165, 1.54) is 13.8 Å². The molecular weight excluding hydrogens is 272 g/mol. The summed E-state index contributed by atoms with van der Waals surface area (Å²) in [6.07, 6.45) is 0. The summed E-state index contributed by atoms with van der Waals surface area (Å²) in [6, 6.07) is 0. The van der Waals surface area contributed by atoms with Crippen LogP contribution in [0.2, 0.25) is 0 Å². The summed E-state index contributed by atoms with van der Waals surface area (Å²) in [5.74, 6) is 0.0985. The maximum atomic E-state index is 11.8. The van der Waals surface area contributed by atoms with Crippen molar-refractivity contribution in [2.24, 2.45) is 0 Å². The van der Waals surface area contributed by atoms with Gasteiger partial charge < -0.3 is 4.74 Å². The van der Waals surface area contributed by atoms with Crippen LogP contribution in [-0.4, -0.2) is 40.7 Å². The maximum absolute atomic E-state index is 11.8. The molecule has 5 nitrogen and oxygen atoms in total. The Kier molecular flexibility index (Phi) is 4.30. The molecule has 0 aromatic rings. The van der Waals surface area contributed by atoms with E-state index in [0.29, 0.717) is 12.4 Å². The van der Waals surface area contributed by atoms with Gasteiger partial charge in [0.2, 0.25) is 4.24 Å². The second kappa shape index (κ2) is 4.97. The van der Waals surface area contributed by atoms with E-state index in [1.807, 2.05) is 0 Å². The van der Waals surface area contributed by atoms with Crippen molar-refractivity contribution in [1.29, 1.82) is 0 Å². The Hall–Kier alpha value is -0.210. The third kappa shape index (κ3) is 2.72. The molecule has 0 radical (unpaired) electrons. The topological polar surface area (TPSA) is 77.5 Å². The standard InChI is InChI=1S/C8H14O5S3/c1-3-15(9,10)8(16(11,12)4-2)7-13-5-6-14-7/h3-6H2,1-2H3.